The fourth-order valence-corrected chi connectivity index (χ4v) is 3.96. The fourth-order valence-electron chi connectivity index (χ4n) is 3.96. The van der Waals surface area contributed by atoms with Crippen LogP contribution in [0.4, 0.5) is 5.82 Å². The molecule has 0 aromatic carbocycles. The molecule has 1 amide bonds. The molecule has 172 valence electrons. The van der Waals surface area contributed by atoms with Crippen molar-refractivity contribution in [1.82, 2.24) is 29.5 Å². The van der Waals surface area contributed by atoms with Gasteiger partial charge in [-0.15, -0.1) is 0 Å². The van der Waals surface area contributed by atoms with E-state index in [1.54, 1.807) is 29.2 Å². The highest BCUT2D eigenvalue weighted by molar-refractivity contribution is 6.12. The smallest absolute Gasteiger partial charge is 0.257 e. The summed E-state index contributed by atoms with van der Waals surface area (Å²) in [4.78, 5) is 22.5. The van der Waals surface area contributed by atoms with Crippen LogP contribution in [0.2, 0.25) is 0 Å². The first-order valence-electron chi connectivity index (χ1n) is 11.1. The van der Waals surface area contributed by atoms with Crippen molar-refractivity contribution in [3.05, 3.63) is 77.8 Å². The van der Waals surface area contributed by atoms with Crippen LogP contribution in [0.15, 0.2) is 59.4 Å². The fraction of sp³-hybridized carbons (Fsp3) is 0.240. The lowest BCUT2D eigenvalue weighted by molar-refractivity contribution is 0.102. The molecule has 0 atom stereocenters. The van der Waals surface area contributed by atoms with Crippen LogP contribution in [0.1, 0.15) is 47.5 Å². The summed E-state index contributed by atoms with van der Waals surface area (Å²) in [6.07, 6.45) is 5.24. The van der Waals surface area contributed by atoms with Gasteiger partial charge in [0, 0.05) is 30.1 Å². The predicted molar refractivity (Wildman–Crippen MR) is 129 cm³/mol. The number of fused-ring (bicyclic) bond motifs is 1. The van der Waals surface area contributed by atoms with Crippen molar-refractivity contribution in [2.45, 2.75) is 40.3 Å². The third-order valence-electron chi connectivity index (χ3n) is 5.55. The topological polar surface area (TPSA) is 104 Å². The van der Waals surface area contributed by atoms with Crippen LogP contribution in [0.5, 0.6) is 0 Å². The number of hydrogen-bond acceptors (Lipinski definition) is 6. The first-order chi connectivity index (χ1) is 16.4. The van der Waals surface area contributed by atoms with Crippen molar-refractivity contribution < 1.29 is 9.21 Å². The highest BCUT2D eigenvalue weighted by Crippen LogP contribution is 2.30. The summed E-state index contributed by atoms with van der Waals surface area (Å²) in [6.45, 7) is 8.36. The number of pyridine rings is 2. The summed E-state index contributed by atoms with van der Waals surface area (Å²) in [6, 6.07) is 11.3. The molecule has 0 bridgehead atoms. The molecular weight excluding hydrogens is 430 g/mol. The van der Waals surface area contributed by atoms with Gasteiger partial charge in [0.1, 0.15) is 11.5 Å². The number of anilines is 1. The Labute approximate surface area is 196 Å². The van der Waals surface area contributed by atoms with E-state index < -0.39 is 0 Å². The standard InChI is InChI=1S/C25H25N7O2/c1-15(2)32-24-21(13-27-32)20(12-22(28-24)19-11-16(3)34-17(19)4)25(33)29-23-8-10-31(30-23)14-18-7-5-6-9-26-18/h5-13,15H,14H2,1-4H3,(H,29,30,33). The lowest BCUT2D eigenvalue weighted by Crippen LogP contribution is -2.14. The van der Waals surface area contributed by atoms with E-state index in [1.807, 2.05) is 62.8 Å². The van der Waals surface area contributed by atoms with Gasteiger partial charge >= 0.3 is 0 Å². The second-order valence-corrected chi connectivity index (χ2v) is 8.48. The third kappa shape index (κ3) is 4.07. The first-order valence-corrected chi connectivity index (χ1v) is 11.1. The summed E-state index contributed by atoms with van der Waals surface area (Å²) in [5.41, 5.74) is 3.52. The average molecular weight is 456 g/mol. The molecule has 9 nitrogen and oxygen atoms in total. The van der Waals surface area contributed by atoms with E-state index in [0.29, 0.717) is 34.7 Å². The first kappa shape index (κ1) is 21.6. The summed E-state index contributed by atoms with van der Waals surface area (Å²) < 4.78 is 9.26. The number of furan rings is 1. The zero-order valence-corrected chi connectivity index (χ0v) is 19.5. The highest BCUT2D eigenvalue weighted by Gasteiger charge is 2.21. The Morgan fingerprint density at radius 2 is 2.03 bits per heavy atom. The third-order valence-corrected chi connectivity index (χ3v) is 5.55. The lowest BCUT2D eigenvalue weighted by Gasteiger charge is -2.10. The van der Waals surface area contributed by atoms with Gasteiger partial charge in [0.2, 0.25) is 0 Å². The second-order valence-electron chi connectivity index (χ2n) is 8.48. The van der Waals surface area contributed by atoms with Gasteiger partial charge in [-0.25, -0.2) is 9.67 Å². The zero-order chi connectivity index (χ0) is 23.8. The highest BCUT2D eigenvalue weighted by atomic mass is 16.3. The molecule has 0 aliphatic rings. The molecule has 0 radical (unpaired) electrons. The largest absolute Gasteiger partial charge is 0.466 e. The SMILES string of the molecule is Cc1cc(-c2cc(C(=O)Nc3ccn(Cc4ccccn4)n3)c3cnn(C(C)C)c3n2)c(C)o1. The Morgan fingerprint density at radius 1 is 1.18 bits per heavy atom. The Kier molecular flexibility index (Phi) is 5.45. The number of aryl methyl sites for hydroxylation is 2. The summed E-state index contributed by atoms with van der Waals surface area (Å²) >= 11 is 0. The van der Waals surface area contributed by atoms with Crippen LogP contribution in [-0.2, 0) is 6.54 Å². The van der Waals surface area contributed by atoms with E-state index in [0.717, 1.165) is 22.8 Å². The van der Waals surface area contributed by atoms with Gasteiger partial charge in [-0.1, -0.05) is 6.07 Å². The van der Waals surface area contributed by atoms with Gasteiger partial charge in [-0.3, -0.25) is 14.5 Å². The van der Waals surface area contributed by atoms with E-state index in [9.17, 15) is 4.79 Å². The van der Waals surface area contributed by atoms with Gasteiger partial charge in [-0.2, -0.15) is 10.2 Å². The minimum Gasteiger partial charge on any atom is -0.466 e. The Morgan fingerprint density at radius 3 is 2.74 bits per heavy atom. The minimum absolute atomic E-state index is 0.0886. The molecular formula is C25H25N7O2. The molecule has 0 aliphatic carbocycles. The van der Waals surface area contributed by atoms with Crippen molar-refractivity contribution in [3.8, 4) is 11.3 Å². The minimum atomic E-state index is -0.280. The molecule has 0 saturated heterocycles. The number of hydrogen-bond donors (Lipinski definition) is 1. The van der Waals surface area contributed by atoms with Crippen molar-refractivity contribution in [2.24, 2.45) is 0 Å². The Balaban J connectivity index is 1.50. The molecule has 1 N–H and O–H groups in total. The number of carbonyl (C=O) groups excluding carboxylic acids is 1. The molecule has 0 saturated carbocycles. The Bertz CT molecular complexity index is 1480. The van der Waals surface area contributed by atoms with E-state index >= 15 is 0 Å². The van der Waals surface area contributed by atoms with Gasteiger partial charge in [-0.05, 0) is 52.0 Å². The van der Waals surface area contributed by atoms with Gasteiger partial charge in [0.05, 0.1) is 35.1 Å². The number of nitrogens with zero attached hydrogens (tertiary/aromatic N) is 6. The number of rotatable bonds is 6. The van der Waals surface area contributed by atoms with Crippen LogP contribution in [-0.4, -0.2) is 35.4 Å². The van der Waals surface area contributed by atoms with Crippen LogP contribution in [0.3, 0.4) is 0 Å². The van der Waals surface area contributed by atoms with Gasteiger partial charge in [0.15, 0.2) is 11.5 Å². The molecule has 5 rings (SSSR count). The maximum absolute atomic E-state index is 13.4. The zero-order valence-electron chi connectivity index (χ0n) is 19.5. The number of amides is 1. The molecule has 5 aromatic rings. The summed E-state index contributed by atoms with van der Waals surface area (Å²) in [7, 11) is 0. The van der Waals surface area contributed by atoms with Crippen LogP contribution >= 0.6 is 0 Å². The van der Waals surface area contributed by atoms with E-state index in [2.05, 4.69) is 20.5 Å². The van der Waals surface area contributed by atoms with Crippen LogP contribution in [0, 0.1) is 13.8 Å². The average Bonchev–Trinajstić information content (AvgIpc) is 3.52. The summed E-state index contributed by atoms with van der Waals surface area (Å²) in [5, 5.41) is 12.6. The predicted octanol–water partition coefficient (Wildman–Crippen LogP) is 4.78. The van der Waals surface area contributed by atoms with Crippen LogP contribution < -0.4 is 5.32 Å². The van der Waals surface area contributed by atoms with Crippen molar-refractivity contribution in [3.63, 3.8) is 0 Å². The quantitative estimate of drug-likeness (QED) is 0.395. The number of aromatic nitrogens is 6. The molecule has 34 heavy (non-hydrogen) atoms. The lowest BCUT2D eigenvalue weighted by atomic mass is 10.1. The molecule has 9 heteroatoms. The monoisotopic (exact) mass is 455 g/mol. The van der Waals surface area contributed by atoms with Crippen molar-refractivity contribution in [2.75, 3.05) is 5.32 Å². The van der Waals surface area contributed by atoms with Gasteiger partial charge < -0.3 is 9.73 Å². The molecule has 5 heterocycles. The molecule has 0 spiro atoms. The van der Waals surface area contributed by atoms with Crippen LogP contribution in [0.25, 0.3) is 22.3 Å². The van der Waals surface area contributed by atoms with Crippen molar-refractivity contribution >= 4 is 22.8 Å². The van der Waals surface area contributed by atoms with E-state index in [1.165, 1.54) is 0 Å². The molecule has 5 aromatic heterocycles. The number of carbonyl (C=O) groups is 1. The molecule has 0 unspecified atom stereocenters. The second kappa shape index (κ2) is 8.58. The summed E-state index contributed by atoms with van der Waals surface area (Å²) in [5.74, 6) is 1.72. The Hall–Kier alpha value is -4.27. The van der Waals surface area contributed by atoms with Crippen molar-refractivity contribution in [1.29, 1.82) is 0 Å². The normalized spacial score (nSPS) is 11.4. The maximum Gasteiger partial charge on any atom is 0.257 e. The number of nitrogens with one attached hydrogen (secondary N) is 1. The molecule has 0 aliphatic heterocycles. The van der Waals surface area contributed by atoms with E-state index in [-0.39, 0.29) is 11.9 Å². The molecule has 0 fully saturated rings. The maximum atomic E-state index is 13.4. The van der Waals surface area contributed by atoms with E-state index in [4.69, 9.17) is 9.40 Å². The van der Waals surface area contributed by atoms with Gasteiger partial charge in [0.25, 0.3) is 5.91 Å².